The maximum absolute atomic E-state index is 13.0. The van der Waals surface area contributed by atoms with Gasteiger partial charge in [0.25, 0.3) is 5.91 Å². The summed E-state index contributed by atoms with van der Waals surface area (Å²) in [4.78, 5) is 29.6. The molecule has 3 aromatic rings. The molecule has 0 atom stereocenters. The molecular weight excluding hydrogens is 543 g/mol. The molecule has 4 aliphatic rings. The van der Waals surface area contributed by atoms with E-state index in [0.29, 0.717) is 47.2 Å². The van der Waals surface area contributed by atoms with Crippen molar-refractivity contribution in [1.29, 1.82) is 0 Å². The number of hydrogen-bond acceptors (Lipinski definition) is 8. The number of benzene rings is 2. The predicted molar refractivity (Wildman–Crippen MR) is 151 cm³/mol. The summed E-state index contributed by atoms with van der Waals surface area (Å²) in [5.41, 5.74) is 8.23. The average Bonchev–Trinajstić information content (AvgIpc) is 3.30. The molecule has 7 rings (SSSR count). The van der Waals surface area contributed by atoms with Crippen molar-refractivity contribution in [2.24, 2.45) is 10.7 Å². The van der Waals surface area contributed by atoms with Gasteiger partial charge in [-0.15, -0.1) is 0 Å². The van der Waals surface area contributed by atoms with E-state index in [4.69, 9.17) is 38.2 Å². The van der Waals surface area contributed by atoms with Crippen molar-refractivity contribution in [3.63, 3.8) is 0 Å². The van der Waals surface area contributed by atoms with Crippen molar-refractivity contribution in [3.8, 4) is 17.0 Å². The number of nitrogens with one attached hydrogen (secondary N) is 3. The molecular formula is C27H28Cl2N6O4. The molecule has 1 aromatic heterocycles. The summed E-state index contributed by atoms with van der Waals surface area (Å²) in [5, 5.41) is 13.0. The molecule has 5 N–H and O–H groups in total. The lowest BCUT2D eigenvalue weighted by Gasteiger charge is -2.12. The van der Waals surface area contributed by atoms with Gasteiger partial charge < -0.3 is 25.6 Å². The highest BCUT2D eigenvalue weighted by molar-refractivity contribution is 6.39. The van der Waals surface area contributed by atoms with Crippen LogP contribution in [0, 0.1) is 6.92 Å². The van der Waals surface area contributed by atoms with Gasteiger partial charge in [0.15, 0.2) is 5.96 Å². The van der Waals surface area contributed by atoms with Crippen molar-refractivity contribution in [3.05, 3.63) is 75.5 Å². The molecule has 0 saturated carbocycles. The summed E-state index contributed by atoms with van der Waals surface area (Å²) in [6, 6.07) is 10.4. The summed E-state index contributed by atoms with van der Waals surface area (Å²) < 4.78 is 11.1. The van der Waals surface area contributed by atoms with Crippen LogP contribution in [-0.2, 0) is 11.3 Å². The smallest absolute Gasteiger partial charge is 0.263 e. The van der Waals surface area contributed by atoms with E-state index in [9.17, 15) is 9.59 Å². The Balaban J connectivity index is 1.57. The number of aryl methyl sites for hydroxylation is 1. The quantitative estimate of drug-likeness (QED) is 0.292. The number of allylic oxidation sites excluding steroid dienone is 1. The van der Waals surface area contributed by atoms with Crippen LogP contribution in [0.3, 0.4) is 0 Å². The molecule has 0 saturated heterocycles. The first-order valence-corrected chi connectivity index (χ1v) is 13.0. The van der Waals surface area contributed by atoms with Crippen molar-refractivity contribution in [2.45, 2.75) is 26.3 Å². The van der Waals surface area contributed by atoms with Gasteiger partial charge in [-0.05, 0) is 68.3 Å². The number of hydrogen-bond donors (Lipinski definition) is 4. The lowest BCUT2D eigenvalue weighted by atomic mass is 10.1. The van der Waals surface area contributed by atoms with Gasteiger partial charge in [-0.25, -0.2) is 4.99 Å². The Labute approximate surface area is 235 Å². The molecule has 2 aromatic carbocycles. The highest BCUT2D eigenvalue weighted by atomic mass is 35.5. The highest BCUT2D eigenvalue weighted by Gasteiger charge is 2.22. The third kappa shape index (κ3) is 7.60. The number of carbonyl (C=O) groups excluding carboxylic acids is 2. The molecule has 2 amide bonds. The van der Waals surface area contributed by atoms with E-state index in [-0.39, 0.29) is 40.6 Å². The zero-order valence-corrected chi connectivity index (χ0v) is 22.7. The first kappa shape index (κ1) is 28.2. The molecule has 4 aliphatic heterocycles. The van der Waals surface area contributed by atoms with Crippen LogP contribution in [0.5, 0.6) is 5.75 Å². The second kappa shape index (κ2) is 13.3. The maximum Gasteiger partial charge on any atom is 0.263 e. The molecule has 0 unspecified atom stereocenters. The van der Waals surface area contributed by atoms with Gasteiger partial charge in [0, 0.05) is 5.56 Å². The Morgan fingerprint density at radius 1 is 1.03 bits per heavy atom. The number of nitrogens with zero attached hydrogens (tertiary/aromatic N) is 2. The van der Waals surface area contributed by atoms with E-state index in [0.717, 1.165) is 12.8 Å². The molecule has 12 heteroatoms. The van der Waals surface area contributed by atoms with Gasteiger partial charge in [0.1, 0.15) is 29.4 Å². The van der Waals surface area contributed by atoms with E-state index in [2.05, 4.69) is 26.1 Å². The second-order valence-electron chi connectivity index (χ2n) is 8.73. The number of guanidine groups is 1. The standard InChI is InChI=1S/C27H28Cl2N6O4/c1-16-23-24(35-39-16)18-6-8-19(9-7-18)38-11-5-3-2-4-10-31-15-22(36)33-25-20(28)12-17(13-21(25)29)14-32-27(30)34-26(23)37/h3,5-9,12-13,31H,2,4,10-11,14-15H2,1H3,(H,33,36)(H3,30,32,34,37)/b5-3+. The van der Waals surface area contributed by atoms with Crippen LogP contribution in [0.4, 0.5) is 5.69 Å². The number of carbonyl (C=O) groups is 2. The molecule has 10 nitrogen and oxygen atoms in total. The third-order valence-corrected chi connectivity index (χ3v) is 6.38. The molecule has 0 aliphatic carbocycles. The average molecular weight is 571 g/mol. The van der Waals surface area contributed by atoms with Crippen LogP contribution in [0.2, 0.25) is 10.0 Å². The monoisotopic (exact) mass is 570 g/mol. The number of nitrogens with two attached hydrogens (primary N) is 1. The van der Waals surface area contributed by atoms with E-state index in [1.54, 1.807) is 43.3 Å². The van der Waals surface area contributed by atoms with E-state index in [1.807, 2.05) is 12.2 Å². The van der Waals surface area contributed by atoms with Crippen molar-refractivity contribution in [1.82, 2.24) is 15.8 Å². The Hall–Kier alpha value is -3.86. The summed E-state index contributed by atoms with van der Waals surface area (Å²) in [6.45, 7) is 2.92. The number of aromatic nitrogens is 1. The Bertz CT molecular complexity index is 1380. The first-order chi connectivity index (χ1) is 18.8. The van der Waals surface area contributed by atoms with Crippen molar-refractivity contribution in [2.75, 3.05) is 25.0 Å². The van der Waals surface area contributed by atoms with Crippen LogP contribution in [0.25, 0.3) is 11.3 Å². The van der Waals surface area contributed by atoms with Gasteiger partial charge in [-0.3, -0.25) is 14.9 Å². The van der Waals surface area contributed by atoms with Crippen LogP contribution in [0.1, 0.15) is 34.5 Å². The number of halogens is 2. The molecule has 39 heavy (non-hydrogen) atoms. The van der Waals surface area contributed by atoms with Gasteiger partial charge in [0.2, 0.25) is 5.91 Å². The van der Waals surface area contributed by atoms with Crippen LogP contribution >= 0.6 is 23.2 Å². The second-order valence-corrected chi connectivity index (χ2v) is 9.54. The Morgan fingerprint density at radius 2 is 1.77 bits per heavy atom. The van der Waals surface area contributed by atoms with Crippen molar-refractivity contribution < 1.29 is 18.8 Å². The first-order valence-electron chi connectivity index (χ1n) is 12.3. The maximum atomic E-state index is 13.0. The highest BCUT2D eigenvalue weighted by Crippen LogP contribution is 2.32. The molecule has 0 fully saturated rings. The number of ether oxygens (including phenoxy) is 1. The minimum Gasteiger partial charge on any atom is -0.490 e. The number of amides is 2. The summed E-state index contributed by atoms with van der Waals surface area (Å²) >= 11 is 12.7. The van der Waals surface area contributed by atoms with Crippen LogP contribution < -0.4 is 26.4 Å². The van der Waals surface area contributed by atoms with E-state index < -0.39 is 5.91 Å². The molecule has 5 heterocycles. The molecule has 0 radical (unpaired) electrons. The normalized spacial score (nSPS) is 16.5. The van der Waals surface area contributed by atoms with Gasteiger partial charge in [-0.1, -0.05) is 40.5 Å². The van der Waals surface area contributed by atoms with E-state index in [1.165, 1.54) is 0 Å². The Kier molecular flexibility index (Phi) is 9.59. The van der Waals surface area contributed by atoms with Crippen LogP contribution in [-0.4, -0.2) is 42.6 Å². The topological polar surface area (TPSA) is 144 Å². The largest absolute Gasteiger partial charge is 0.490 e. The third-order valence-electron chi connectivity index (χ3n) is 5.78. The number of anilines is 1. The van der Waals surface area contributed by atoms with Gasteiger partial charge in [-0.2, -0.15) is 0 Å². The zero-order chi connectivity index (χ0) is 27.8. The lowest BCUT2D eigenvalue weighted by Crippen LogP contribution is -2.37. The van der Waals surface area contributed by atoms with Crippen molar-refractivity contribution >= 4 is 46.7 Å². The summed E-state index contributed by atoms with van der Waals surface area (Å²) in [5.74, 6) is 0.116. The molecule has 4 bridgehead atoms. The number of rotatable bonds is 0. The fourth-order valence-electron chi connectivity index (χ4n) is 3.84. The fraction of sp³-hybridized carbons (Fsp3) is 0.259. The molecule has 204 valence electrons. The summed E-state index contributed by atoms with van der Waals surface area (Å²) in [7, 11) is 0. The fourth-order valence-corrected chi connectivity index (χ4v) is 4.46. The van der Waals surface area contributed by atoms with Gasteiger partial charge in [0.05, 0.1) is 28.8 Å². The minimum absolute atomic E-state index is 0.0900. The van der Waals surface area contributed by atoms with E-state index >= 15 is 0 Å². The van der Waals surface area contributed by atoms with Crippen LogP contribution in [0.15, 0.2) is 58.1 Å². The Morgan fingerprint density at radius 3 is 2.51 bits per heavy atom. The SMILES string of the molecule is Cc1onc2c1C(=O)NC(N)=NCc1cc(Cl)c(c(Cl)c1)NC(=O)CNCCC/C=C/COc1ccc-2cc1. The molecule has 0 spiro atoms. The van der Waals surface area contributed by atoms with Gasteiger partial charge >= 0.3 is 0 Å². The number of aliphatic imine (C=N–C) groups is 1. The predicted octanol–water partition coefficient (Wildman–Crippen LogP) is 4.46. The minimum atomic E-state index is -0.514. The summed E-state index contributed by atoms with van der Waals surface area (Å²) in [6.07, 6.45) is 5.65. The lowest BCUT2D eigenvalue weighted by molar-refractivity contribution is -0.115. The zero-order valence-electron chi connectivity index (χ0n) is 21.2.